The molecule has 19 heavy (non-hydrogen) atoms. The Morgan fingerprint density at radius 2 is 2.37 bits per heavy atom. The van der Waals surface area contributed by atoms with Crippen molar-refractivity contribution in [3.63, 3.8) is 0 Å². The monoisotopic (exact) mass is 262 g/mol. The van der Waals surface area contributed by atoms with Crippen LogP contribution in [0.25, 0.3) is 0 Å². The SMILES string of the molecule is C#CCC(Nc1ncccc1C(=O)OCC)C(=O)O. The fraction of sp³-hybridized carbons (Fsp3) is 0.308. The molecule has 1 atom stereocenters. The Morgan fingerprint density at radius 1 is 1.63 bits per heavy atom. The standard InChI is InChI=1S/C13H14N2O4/c1-3-6-10(12(16)17)15-11-9(7-5-8-14-11)13(18)19-4-2/h1,5,7-8,10H,4,6H2,2H3,(H,14,15)(H,16,17). The third-order valence-corrected chi connectivity index (χ3v) is 2.23. The van der Waals surface area contributed by atoms with Crippen LogP contribution in [0.5, 0.6) is 0 Å². The van der Waals surface area contributed by atoms with E-state index in [1.165, 1.54) is 12.3 Å². The van der Waals surface area contributed by atoms with E-state index in [-0.39, 0.29) is 24.4 Å². The summed E-state index contributed by atoms with van der Waals surface area (Å²) in [5.41, 5.74) is 0.174. The molecule has 6 heteroatoms. The molecule has 0 saturated heterocycles. The second kappa shape index (κ2) is 7.01. The molecule has 100 valence electrons. The summed E-state index contributed by atoms with van der Waals surface area (Å²) in [7, 11) is 0. The van der Waals surface area contributed by atoms with Gasteiger partial charge in [0.05, 0.1) is 6.61 Å². The molecule has 1 unspecified atom stereocenters. The Labute approximate surface area is 110 Å². The first-order valence-corrected chi connectivity index (χ1v) is 5.65. The van der Waals surface area contributed by atoms with Gasteiger partial charge in [-0.25, -0.2) is 14.6 Å². The molecule has 0 saturated carbocycles. The highest BCUT2D eigenvalue weighted by Gasteiger charge is 2.20. The maximum Gasteiger partial charge on any atom is 0.341 e. The van der Waals surface area contributed by atoms with E-state index < -0.39 is 18.0 Å². The van der Waals surface area contributed by atoms with E-state index in [2.05, 4.69) is 16.2 Å². The van der Waals surface area contributed by atoms with Crippen LogP contribution in [0.15, 0.2) is 18.3 Å². The molecule has 0 aliphatic rings. The highest BCUT2D eigenvalue weighted by molar-refractivity contribution is 5.95. The minimum Gasteiger partial charge on any atom is -0.480 e. The minimum atomic E-state index is -1.11. The highest BCUT2D eigenvalue weighted by Crippen LogP contribution is 2.15. The molecule has 1 heterocycles. The summed E-state index contributed by atoms with van der Waals surface area (Å²) in [6.45, 7) is 1.90. The number of carboxylic acid groups (broad SMARTS) is 1. The second-order valence-corrected chi connectivity index (χ2v) is 3.56. The molecule has 0 aromatic carbocycles. The predicted molar refractivity (Wildman–Crippen MR) is 68.7 cm³/mol. The highest BCUT2D eigenvalue weighted by atomic mass is 16.5. The van der Waals surface area contributed by atoms with Crippen LogP contribution in [-0.2, 0) is 9.53 Å². The molecule has 0 fully saturated rings. The molecule has 1 rings (SSSR count). The number of nitrogens with one attached hydrogen (secondary N) is 1. The van der Waals surface area contributed by atoms with Crippen molar-refractivity contribution >= 4 is 17.8 Å². The first-order valence-electron chi connectivity index (χ1n) is 5.65. The molecule has 1 aromatic heterocycles. The lowest BCUT2D eigenvalue weighted by Crippen LogP contribution is -2.30. The van der Waals surface area contributed by atoms with Crippen molar-refractivity contribution in [3.8, 4) is 12.3 Å². The topological polar surface area (TPSA) is 88.5 Å². The van der Waals surface area contributed by atoms with Gasteiger partial charge in [-0.05, 0) is 19.1 Å². The lowest BCUT2D eigenvalue weighted by atomic mass is 10.2. The molecular weight excluding hydrogens is 248 g/mol. The van der Waals surface area contributed by atoms with Crippen molar-refractivity contribution in [2.24, 2.45) is 0 Å². The average Bonchev–Trinajstić information content (AvgIpc) is 2.39. The first kappa shape index (κ1) is 14.5. The zero-order chi connectivity index (χ0) is 14.3. The van der Waals surface area contributed by atoms with E-state index in [4.69, 9.17) is 16.3 Å². The number of hydrogen-bond donors (Lipinski definition) is 2. The van der Waals surface area contributed by atoms with Gasteiger partial charge in [-0.15, -0.1) is 12.3 Å². The summed E-state index contributed by atoms with van der Waals surface area (Å²) in [6, 6.07) is 2.06. The summed E-state index contributed by atoms with van der Waals surface area (Å²) in [5, 5.41) is 11.6. The molecule has 0 radical (unpaired) electrons. The van der Waals surface area contributed by atoms with Gasteiger partial charge >= 0.3 is 11.9 Å². The number of carbonyl (C=O) groups is 2. The molecule has 0 aliphatic heterocycles. The van der Waals surface area contributed by atoms with Gasteiger partial charge in [0.15, 0.2) is 0 Å². The zero-order valence-electron chi connectivity index (χ0n) is 10.4. The van der Waals surface area contributed by atoms with Crippen LogP contribution in [0.4, 0.5) is 5.82 Å². The number of terminal acetylenes is 1. The number of pyridine rings is 1. The van der Waals surface area contributed by atoms with E-state index in [1.54, 1.807) is 13.0 Å². The third-order valence-electron chi connectivity index (χ3n) is 2.23. The van der Waals surface area contributed by atoms with Crippen LogP contribution in [0, 0.1) is 12.3 Å². The summed E-state index contributed by atoms with van der Waals surface area (Å²) in [5.74, 6) is 0.719. The number of aromatic nitrogens is 1. The van der Waals surface area contributed by atoms with Gasteiger partial charge in [-0.3, -0.25) is 0 Å². The molecule has 0 spiro atoms. The van der Waals surface area contributed by atoms with Gasteiger partial charge in [0.1, 0.15) is 17.4 Å². The van der Waals surface area contributed by atoms with E-state index in [1.807, 2.05) is 0 Å². The van der Waals surface area contributed by atoms with E-state index in [0.717, 1.165) is 0 Å². The molecule has 0 aliphatic carbocycles. The summed E-state index contributed by atoms with van der Waals surface area (Å²) >= 11 is 0. The second-order valence-electron chi connectivity index (χ2n) is 3.56. The third kappa shape index (κ3) is 4.00. The van der Waals surface area contributed by atoms with Gasteiger partial charge in [-0.1, -0.05) is 0 Å². The summed E-state index contributed by atoms with van der Waals surface area (Å²) in [4.78, 5) is 26.6. The Morgan fingerprint density at radius 3 is 2.95 bits per heavy atom. The van der Waals surface area contributed by atoms with Gasteiger partial charge in [0.2, 0.25) is 0 Å². The van der Waals surface area contributed by atoms with Crippen molar-refractivity contribution in [1.82, 2.24) is 4.98 Å². The van der Waals surface area contributed by atoms with Crippen molar-refractivity contribution in [2.45, 2.75) is 19.4 Å². The normalized spacial score (nSPS) is 11.2. The van der Waals surface area contributed by atoms with Gasteiger partial charge in [0.25, 0.3) is 0 Å². The minimum absolute atomic E-state index is 0.0197. The Hall–Kier alpha value is -2.55. The number of hydrogen-bond acceptors (Lipinski definition) is 5. The molecule has 1 aromatic rings. The number of rotatable bonds is 6. The summed E-state index contributed by atoms with van der Waals surface area (Å²) < 4.78 is 4.86. The molecule has 0 bridgehead atoms. The fourth-order valence-electron chi connectivity index (χ4n) is 1.38. The lowest BCUT2D eigenvalue weighted by Gasteiger charge is -2.14. The number of carboxylic acids is 1. The number of carbonyl (C=O) groups excluding carboxylic acids is 1. The predicted octanol–water partition coefficient (Wildman–Crippen LogP) is 1.15. The van der Waals surface area contributed by atoms with Gasteiger partial charge < -0.3 is 15.2 Å². The smallest absolute Gasteiger partial charge is 0.341 e. The fourth-order valence-corrected chi connectivity index (χ4v) is 1.38. The van der Waals surface area contributed by atoms with Crippen LogP contribution in [-0.4, -0.2) is 34.7 Å². The maximum atomic E-state index is 11.7. The van der Waals surface area contributed by atoms with Crippen LogP contribution < -0.4 is 5.32 Å². The first-order chi connectivity index (χ1) is 9.10. The van der Waals surface area contributed by atoms with Crippen molar-refractivity contribution < 1.29 is 19.4 Å². The van der Waals surface area contributed by atoms with Gasteiger partial charge in [0, 0.05) is 12.6 Å². The van der Waals surface area contributed by atoms with Crippen LogP contribution in [0.3, 0.4) is 0 Å². The maximum absolute atomic E-state index is 11.7. The number of nitrogens with zero attached hydrogens (tertiary/aromatic N) is 1. The Kier molecular flexibility index (Phi) is 5.35. The van der Waals surface area contributed by atoms with Crippen molar-refractivity contribution in [3.05, 3.63) is 23.9 Å². The van der Waals surface area contributed by atoms with Crippen LogP contribution in [0.2, 0.25) is 0 Å². The molecule has 2 N–H and O–H groups in total. The van der Waals surface area contributed by atoms with E-state index in [0.29, 0.717) is 0 Å². The number of esters is 1. The van der Waals surface area contributed by atoms with E-state index in [9.17, 15) is 9.59 Å². The molecular formula is C13H14N2O4. The molecule has 0 amide bonds. The van der Waals surface area contributed by atoms with Crippen molar-refractivity contribution in [2.75, 3.05) is 11.9 Å². The lowest BCUT2D eigenvalue weighted by molar-refractivity contribution is -0.137. The largest absolute Gasteiger partial charge is 0.480 e. The molecule has 6 nitrogen and oxygen atoms in total. The zero-order valence-corrected chi connectivity index (χ0v) is 10.4. The Bertz CT molecular complexity index is 508. The van der Waals surface area contributed by atoms with Crippen molar-refractivity contribution in [1.29, 1.82) is 0 Å². The van der Waals surface area contributed by atoms with Gasteiger partial charge in [-0.2, -0.15) is 0 Å². The van der Waals surface area contributed by atoms with Crippen LogP contribution >= 0.6 is 0 Å². The van der Waals surface area contributed by atoms with E-state index >= 15 is 0 Å². The summed E-state index contributed by atoms with van der Waals surface area (Å²) in [6.07, 6.45) is 6.53. The van der Waals surface area contributed by atoms with Crippen LogP contribution in [0.1, 0.15) is 23.7 Å². The average molecular weight is 262 g/mol. The number of aliphatic carboxylic acids is 1. The number of anilines is 1. The quantitative estimate of drug-likeness (QED) is 0.590. The number of ether oxygens (including phenoxy) is 1. The Balaban J connectivity index is 2.97.